The third-order valence-electron chi connectivity index (χ3n) is 19.1. The SMILES string of the molecule is CC(=O)Nc1cccc(Nc2cnc(-c3ccsc3)cn2)c1.CC(C)(C)C.CC(C)(C)N1CCC(N2CCCC2)CC1.CC(C)(C)N1CCOCC1.CC(C)(C)NCCN1CCOCC1.Nc1cccc(Nc2cnc(-c3ccsc3)cn2)c1.O=C(Cl)Oc1ccc([N+](=O)[O-])cc1.O=C(Nc1cccc(Nc2cnc(-c3ccsc3)cn2)c1)Oc1ccc([N+](=O)[O-])cc1.S.[H-].[K+]. The molecule has 6 aromatic heterocycles. The molecule has 0 radical (unpaired) electrons. The first-order valence-corrected chi connectivity index (χ1v) is 45.5. The second-order valence-electron chi connectivity index (χ2n) is 34.6. The molecule has 2 amide bonds. The Morgan fingerprint density at radius 3 is 1.23 bits per heavy atom. The van der Waals surface area contributed by atoms with Gasteiger partial charge in [-0.15, -0.1) is 0 Å². The minimum atomic E-state index is -0.978. The van der Waals surface area contributed by atoms with Crippen LogP contribution in [0.3, 0.4) is 0 Å². The summed E-state index contributed by atoms with van der Waals surface area (Å²) in [5, 5.41) is 51.3. The number of likely N-dealkylation sites (tertiary alicyclic amines) is 2. The van der Waals surface area contributed by atoms with Gasteiger partial charge >= 0.3 is 62.9 Å². The number of amides is 2. The van der Waals surface area contributed by atoms with Gasteiger partial charge in [0.1, 0.15) is 29.0 Å². The van der Waals surface area contributed by atoms with Gasteiger partial charge in [-0.05, 0) is 220 Å². The van der Waals surface area contributed by atoms with E-state index in [4.69, 9.17) is 31.5 Å². The van der Waals surface area contributed by atoms with Gasteiger partial charge in [-0.3, -0.25) is 60.0 Å². The molecule has 11 aromatic rings. The molecule has 0 aliphatic carbocycles. The maximum atomic E-state index is 12.1. The Labute approximate surface area is 832 Å². The molecule has 694 valence electrons. The number of nitro groups is 2. The summed E-state index contributed by atoms with van der Waals surface area (Å²) in [6.45, 7) is 46.1. The molecule has 36 heteroatoms. The van der Waals surface area contributed by atoms with Crippen LogP contribution in [0.4, 0.5) is 72.5 Å². The van der Waals surface area contributed by atoms with E-state index in [-0.39, 0.29) is 101 Å². The summed E-state index contributed by atoms with van der Waals surface area (Å²) >= 11 is 9.79. The number of non-ortho nitro benzene ring substituents is 2. The number of morpholine rings is 2. The number of nitrogens with zero attached hydrogens (tertiary/aromatic N) is 12. The molecule has 15 rings (SSSR count). The van der Waals surface area contributed by atoms with Crippen molar-refractivity contribution in [2.24, 2.45) is 5.41 Å². The van der Waals surface area contributed by atoms with Crippen molar-refractivity contribution in [2.75, 3.05) is 124 Å². The van der Waals surface area contributed by atoms with E-state index in [1.807, 2.05) is 99.7 Å². The zero-order chi connectivity index (χ0) is 92.7. The van der Waals surface area contributed by atoms with Crippen LogP contribution in [-0.2, 0) is 14.3 Å². The zero-order valence-electron chi connectivity index (χ0n) is 78.0. The topological polar surface area (TPSA) is 363 Å². The number of ether oxygens (including phenoxy) is 4. The smallest absolute Gasteiger partial charge is 1.00 e. The van der Waals surface area contributed by atoms with Gasteiger partial charge in [-0.1, -0.05) is 45.9 Å². The van der Waals surface area contributed by atoms with E-state index in [2.05, 4.69) is 182 Å². The number of thiophene rings is 3. The molecule has 30 nitrogen and oxygen atoms in total. The number of aromatic nitrogens is 6. The number of anilines is 9. The fourth-order valence-electron chi connectivity index (χ4n) is 12.7. The summed E-state index contributed by atoms with van der Waals surface area (Å²) < 4.78 is 20.1. The quantitative estimate of drug-likeness (QED) is 0.0130. The number of nitrogen functional groups attached to an aromatic ring is 1. The Kier molecular flexibility index (Phi) is 47.0. The average Bonchev–Trinajstić information content (AvgIpc) is 1.84. The number of hydrogen-bond donors (Lipinski definition) is 7. The van der Waals surface area contributed by atoms with Gasteiger partial charge in [-0.2, -0.15) is 47.5 Å². The maximum Gasteiger partial charge on any atom is 1.00 e. The van der Waals surface area contributed by atoms with E-state index >= 15 is 0 Å². The van der Waals surface area contributed by atoms with Crippen LogP contribution in [0.25, 0.3) is 33.8 Å². The summed E-state index contributed by atoms with van der Waals surface area (Å²) in [5.74, 6) is 2.18. The Morgan fingerprint density at radius 2 is 0.885 bits per heavy atom. The number of halogens is 1. The van der Waals surface area contributed by atoms with E-state index < -0.39 is 21.4 Å². The summed E-state index contributed by atoms with van der Waals surface area (Å²) in [6.07, 6.45) is 15.1. The first-order chi connectivity index (χ1) is 60.9. The number of nitrogens with two attached hydrogens (primary N) is 1. The number of carbonyl (C=O) groups is 3. The molecule has 0 saturated carbocycles. The molecule has 10 heterocycles. The van der Waals surface area contributed by atoms with Crippen LogP contribution in [0.5, 0.6) is 11.5 Å². The van der Waals surface area contributed by atoms with Crippen molar-refractivity contribution in [3.63, 3.8) is 0 Å². The monoisotopic (exact) mass is 1900 g/mol. The predicted molar refractivity (Wildman–Crippen MR) is 531 cm³/mol. The molecule has 0 spiro atoms. The number of hydrogen-bond acceptors (Lipinski definition) is 29. The number of nitrogens with one attached hydrogen (secondary N) is 6. The molecular weight excluding hydrogens is 1770 g/mol. The summed E-state index contributed by atoms with van der Waals surface area (Å²) in [5.41, 5.74) is 16.1. The van der Waals surface area contributed by atoms with Crippen LogP contribution in [0, 0.1) is 25.6 Å². The first kappa shape index (κ1) is 109. The molecule has 0 unspecified atom stereocenters. The maximum absolute atomic E-state index is 12.1. The minimum Gasteiger partial charge on any atom is -1.00 e. The summed E-state index contributed by atoms with van der Waals surface area (Å²) in [4.78, 5) is 89.8. The molecule has 130 heavy (non-hydrogen) atoms. The largest absolute Gasteiger partial charge is 1.00 e. The van der Waals surface area contributed by atoms with Crippen molar-refractivity contribution in [3.05, 3.63) is 229 Å². The molecular formula is C94H125ClKN19O11S4. The van der Waals surface area contributed by atoms with Gasteiger partial charge in [-0.25, -0.2) is 24.5 Å². The number of piperidine rings is 1. The molecule has 0 atom stereocenters. The van der Waals surface area contributed by atoms with Crippen molar-refractivity contribution in [1.82, 2.24) is 54.8 Å². The molecule has 4 aliphatic heterocycles. The van der Waals surface area contributed by atoms with E-state index in [9.17, 15) is 34.6 Å². The minimum absolute atomic E-state index is 0. The van der Waals surface area contributed by atoms with Gasteiger partial charge in [0, 0.05) is 185 Å². The van der Waals surface area contributed by atoms with Crippen molar-refractivity contribution in [1.29, 1.82) is 0 Å². The molecule has 4 aliphatic rings. The van der Waals surface area contributed by atoms with Crippen LogP contribution < -0.4 is 98.5 Å². The van der Waals surface area contributed by atoms with Crippen molar-refractivity contribution in [2.45, 2.75) is 145 Å². The van der Waals surface area contributed by atoms with Gasteiger partial charge < -0.3 is 57.6 Å². The normalized spacial score (nSPS) is 14.1. The number of benzene rings is 5. The fourth-order valence-corrected chi connectivity index (χ4v) is 14.8. The second-order valence-corrected chi connectivity index (χ2v) is 37.3. The molecule has 4 fully saturated rings. The standard InChI is InChI=1S/C21H15N5O4S.C16H14N4OS.C14H12N4S.C13H26N2.C10H22N2O.C8H17NO.C7H4ClNO4.C5H12.K.H2S.H/c27-21(30-18-6-4-17(5-7-18)26(28)29)25-16-3-1-2-15(10-16)24-20-12-22-19(11-23-20)14-8-9-31-13-14;1-11(21)19-13-3-2-4-14(7-13)20-16-9-17-15(8-18-16)12-5-6-22-10-12;15-11-2-1-3-12(6-11)18-14-8-16-13(7-17-14)10-4-5-19-9-10;1-13(2,3)15-10-6-12(7-11-15)14-8-4-5-9-14;1-10(2,3)11-4-5-12-6-8-13-9-7-12;1-8(2,3)9-4-6-10-7-5-9;8-7(10)13-6-3-1-5(2-4-6)9(11)12;1-5(2,3)4;;;/h1-13H,(H,23,24)(H,25,27);2-10H,1H3,(H,18,20)(H,19,21);1-9H,15H2,(H,17,18);12H,4-11H2,1-3H3;11H,4-9H2,1-3H3;4-7H2,1-3H3;1-4H;1-4H3;;1H2;/q;;;;;;;;+1;;-1. The number of rotatable bonds is 19. The first-order valence-electron chi connectivity index (χ1n) is 42.3. The second kappa shape index (κ2) is 55.9. The number of nitro benzene ring substituents is 2. The van der Waals surface area contributed by atoms with Crippen LogP contribution in [0.1, 0.15) is 124 Å². The van der Waals surface area contributed by atoms with E-state index in [1.54, 1.807) is 89.4 Å². The van der Waals surface area contributed by atoms with E-state index in [0.717, 1.165) is 123 Å². The molecule has 0 bridgehead atoms. The van der Waals surface area contributed by atoms with Crippen molar-refractivity contribution >= 4 is 139 Å². The van der Waals surface area contributed by atoms with Gasteiger partial charge in [0.25, 0.3) is 11.4 Å². The Hall–Kier alpha value is -9.35. The van der Waals surface area contributed by atoms with Crippen LogP contribution in [0.2, 0.25) is 0 Å². The van der Waals surface area contributed by atoms with Crippen LogP contribution in [-0.4, -0.2) is 191 Å². The van der Waals surface area contributed by atoms with Crippen LogP contribution in [0.15, 0.2) is 209 Å². The van der Waals surface area contributed by atoms with Gasteiger partial charge in [0.15, 0.2) is 0 Å². The molecule has 4 saturated heterocycles. The van der Waals surface area contributed by atoms with E-state index in [0.29, 0.717) is 51.0 Å². The predicted octanol–water partition coefficient (Wildman–Crippen LogP) is 18.7. The summed E-state index contributed by atoms with van der Waals surface area (Å²) in [6, 6.07) is 39.1. The van der Waals surface area contributed by atoms with Crippen LogP contribution >= 0.6 is 59.1 Å². The zero-order valence-corrected chi connectivity index (χ0v) is 84.4. The van der Waals surface area contributed by atoms with Crippen molar-refractivity contribution in [3.8, 4) is 45.3 Å². The Morgan fingerprint density at radius 1 is 0.508 bits per heavy atom. The summed E-state index contributed by atoms with van der Waals surface area (Å²) in [7, 11) is 0. The average molecular weight is 1900 g/mol. The molecule has 8 N–H and O–H groups in total. The third kappa shape index (κ3) is 42.9. The van der Waals surface area contributed by atoms with Gasteiger partial charge in [0.2, 0.25) is 5.91 Å². The number of carbonyl (C=O) groups excluding carboxylic acids is 3. The molecule has 5 aromatic carbocycles. The fraction of sp³-hybridized carbons (Fsp3) is 0.394. The van der Waals surface area contributed by atoms with Crippen molar-refractivity contribution < 1.29 is 96.0 Å². The van der Waals surface area contributed by atoms with Gasteiger partial charge in [0.05, 0.1) is 90.5 Å². The Balaban J connectivity index is 0.000000275. The Bertz CT molecular complexity index is 5110. The van der Waals surface area contributed by atoms with E-state index in [1.165, 1.54) is 107 Å². The third-order valence-corrected chi connectivity index (χ3v) is 21.2.